The lowest BCUT2D eigenvalue weighted by Gasteiger charge is -2.39. The number of aliphatic hydroxyl groups excluding tert-OH is 1. The van der Waals surface area contributed by atoms with Crippen molar-refractivity contribution in [1.29, 1.82) is 0 Å². The molecule has 3 rings (SSSR count). The Morgan fingerprint density at radius 1 is 1.32 bits per heavy atom. The molecule has 1 aromatic carbocycles. The minimum absolute atomic E-state index is 0.189. The summed E-state index contributed by atoms with van der Waals surface area (Å²) in [6, 6.07) is 8.78. The van der Waals surface area contributed by atoms with Crippen LogP contribution in [0.2, 0.25) is 0 Å². The Labute approximate surface area is 121 Å². The van der Waals surface area contributed by atoms with Crippen LogP contribution in [0, 0.1) is 0 Å². The average molecular weight is 321 g/mol. The molecule has 100 valence electrons. The van der Waals surface area contributed by atoms with E-state index in [1.165, 1.54) is 24.9 Å². The Morgan fingerprint density at radius 3 is 2.84 bits per heavy atom. The molecule has 0 bridgehead atoms. The standard InChI is InChI=1S/C15H17BrN2O/c16-13-6-2-5-12-14(7-8-17-15(12)13)18(9-10-19)11-3-1-4-11/h2,5-8,11,19H,1,3-4,9-10H2. The fourth-order valence-corrected chi connectivity index (χ4v) is 3.15. The first-order chi connectivity index (χ1) is 9.31. The zero-order valence-electron chi connectivity index (χ0n) is 10.7. The van der Waals surface area contributed by atoms with Crippen LogP contribution < -0.4 is 4.90 Å². The van der Waals surface area contributed by atoms with Gasteiger partial charge in [0.25, 0.3) is 0 Å². The van der Waals surface area contributed by atoms with E-state index in [1.54, 1.807) is 0 Å². The van der Waals surface area contributed by atoms with Crippen molar-refractivity contribution in [3.63, 3.8) is 0 Å². The van der Waals surface area contributed by atoms with E-state index in [-0.39, 0.29) is 6.61 Å². The van der Waals surface area contributed by atoms with Gasteiger partial charge in [0, 0.05) is 34.3 Å². The quantitative estimate of drug-likeness (QED) is 0.938. The first-order valence-corrected chi connectivity index (χ1v) is 7.51. The van der Waals surface area contributed by atoms with Crippen molar-refractivity contribution in [3.8, 4) is 0 Å². The van der Waals surface area contributed by atoms with Crippen LogP contribution in [0.4, 0.5) is 5.69 Å². The van der Waals surface area contributed by atoms with Gasteiger partial charge in [-0.25, -0.2) is 0 Å². The number of pyridine rings is 1. The van der Waals surface area contributed by atoms with Crippen LogP contribution in [-0.2, 0) is 0 Å². The van der Waals surface area contributed by atoms with Crippen molar-refractivity contribution in [2.45, 2.75) is 25.3 Å². The highest BCUT2D eigenvalue weighted by atomic mass is 79.9. The van der Waals surface area contributed by atoms with Crippen molar-refractivity contribution in [2.75, 3.05) is 18.1 Å². The summed E-state index contributed by atoms with van der Waals surface area (Å²) in [4.78, 5) is 6.78. The molecule has 0 saturated heterocycles. The average Bonchev–Trinajstić information content (AvgIpc) is 2.36. The van der Waals surface area contributed by atoms with E-state index in [0.717, 1.165) is 15.4 Å². The molecule has 0 radical (unpaired) electrons. The van der Waals surface area contributed by atoms with E-state index < -0.39 is 0 Å². The highest BCUT2D eigenvalue weighted by molar-refractivity contribution is 9.10. The van der Waals surface area contributed by atoms with Gasteiger partial charge in [-0.1, -0.05) is 12.1 Å². The molecule has 0 unspecified atom stereocenters. The molecule has 1 aliphatic rings. The van der Waals surface area contributed by atoms with E-state index in [2.05, 4.69) is 37.9 Å². The Bertz CT molecular complexity index is 583. The van der Waals surface area contributed by atoms with E-state index in [1.807, 2.05) is 18.3 Å². The lowest BCUT2D eigenvalue weighted by molar-refractivity contribution is 0.284. The number of para-hydroxylation sites is 1. The number of anilines is 1. The second-order valence-electron chi connectivity index (χ2n) is 4.97. The second-order valence-corrected chi connectivity index (χ2v) is 5.82. The van der Waals surface area contributed by atoms with Gasteiger partial charge >= 0.3 is 0 Å². The first kappa shape index (κ1) is 12.9. The predicted molar refractivity (Wildman–Crippen MR) is 81.5 cm³/mol. The van der Waals surface area contributed by atoms with Gasteiger partial charge in [-0.3, -0.25) is 4.98 Å². The van der Waals surface area contributed by atoms with Crippen LogP contribution >= 0.6 is 15.9 Å². The van der Waals surface area contributed by atoms with Gasteiger partial charge in [0.05, 0.1) is 12.1 Å². The third-order valence-electron chi connectivity index (χ3n) is 3.86. The van der Waals surface area contributed by atoms with Crippen LogP contribution in [0.25, 0.3) is 10.9 Å². The number of hydrogen-bond acceptors (Lipinski definition) is 3. The highest BCUT2D eigenvalue weighted by Gasteiger charge is 2.26. The predicted octanol–water partition coefficient (Wildman–Crippen LogP) is 3.35. The monoisotopic (exact) mass is 320 g/mol. The minimum atomic E-state index is 0.189. The normalized spacial score (nSPS) is 15.5. The van der Waals surface area contributed by atoms with Gasteiger partial charge in [0.15, 0.2) is 0 Å². The molecule has 1 saturated carbocycles. The largest absolute Gasteiger partial charge is 0.395 e. The van der Waals surface area contributed by atoms with Crippen LogP contribution in [0.3, 0.4) is 0 Å². The molecule has 1 aromatic heterocycles. The number of benzene rings is 1. The van der Waals surface area contributed by atoms with Crippen molar-refractivity contribution < 1.29 is 5.11 Å². The van der Waals surface area contributed by atoms with E-state index >= 15 is 0 Å². The maximum absolute atomic E-state index is 9.33. The summed E-state index contributed by atoms with van der Waals surface area (Å²) in [6.45, 7) is 0.880. The molecule has 0 aliphatic heterocycles. The van der Waals surface area contributed by atoms with Crippen LogP contribution in [0.15, 0.2) is 34.9 Å². The summed E-state index contributed by atoms with van der Waals surface area (Å²) in [5, 5.41) is 10.5. The SMILES string of the molecule is OCCN(c1ccnc2c(Br)cccc12)C1CCC1. The van der Waals surface area contributed by atoms with Crippen molar-refractivity contribution in [3.05, 3.63) is 34.9 Å². The molecular weight excluding hydrogens is 304 g/mol. The topological polar surface area (TPSA) is 36.4 Å². The van der Waals surface area contributed by atoms with E-state index in [0.29, 0.717) is 12.6 Å². The molecule has 2 aromatic rings. The number of aromatic nitrogens is 1. The lowest BCUT2D eigenvalue weighted by atomic mass is 9.90. The van der Waals surface area contributed by atoms with Gasteiger partial charge in [-0.05, 0) is 47.3 Å². The highest BCUT2D eigenvalue weighted by Crippen LogP contribution is 2.35. The molecule has 3 nitrogen and oxygen atoms in total. The minimum Gasteiger partial charge on any atom is -0.395 e. The molecule has 19 heavy (non-hydrogen) atoms. The Hall–Kier alpha value is -1.13. The smallest absolute Gasteiger partial charge is 0.0864 e. The summed E-state index contributed by atoms with van der Waals surface area (Å²) < 4.78 is 1.02. The number of fused-ring (bicyclic) bond motifs is 1. The van der Waals surface area contributed by atoms with Gasteiger partial charge in [0.2, 0.25) is 0 Å². The molecule has 4 heteroatoms. The second kappa shape index (κ2) is 5.47. The van der Waals surface area contributed by atoms with Crippen molar-refractivity contribution in [1.82, 2.24) is 4.98 Å². The maximum atomic E-state index is 9.33. The molecule has 1 heterocycles. The Kier molecular flexibility index (Phi) is 3.71. The van der Waals surface area contributed by atoms with Crippen molar-refractivity contribution >= 4 is 32.5 Å². The molecule has 0 amide bonds. The van der Waals surface area contributed by atoms with Gasteiger partial charge < -0.3 is 10.0 Å². The number of rotatable bonds is 4. The van der Waals surface area contributed by atoms with Gasteiger partial charge in [-0.15, -0.1) is 0 Å². The Morgan fingerprint density at radius 2 is 2.16 bits per heavy atom. The molecule has 1 fully saturated rings. The molecule has 1 N–H and O–H groups in total. The number of aliphatic hydroxyl groups is 1. The molecule has 0 atom stereocenters. The van der Waals surface area contributed by atoms with Crippen LogP contribution in [-0.4, -0.2) is 29.3 Å². The zero-order chi connectivity index (χ0) is 13.2. The lowest BCUT2D eigenvalue weighted by Crippen LogP contribution is -2.42. The summed E-state index contributed by atoms with van der Waals surface area (Å²) in [7, 11) is 0. The summed E-state index contributed by atoms with van der Waals surface area (Å²) in [5.41, 5.74) is 2.17. The third kappa shape index (κ3) is 2.35. The van der Waals surface area contributed by atoms with E-state index in [9.17, 15) is 5.11 Å². The summed E-state index contributed by atoms with van der Waals surface area (Å²) in [5.74, 6) is 0. The van der Waals surface area contributed by atoms with E-state index in [4.69, 9.17) is 0 Å². The maximum Gasteiger partial charge on any atom is 0.0864 e. The summed E-state index contributed by atoms with van der Waals surface area (Å²) >= 11 is 3.56. The van der Waals surface area contributed by atoms with Gasteiger partial charge in [-0.2, -0.15) is 0 Å². The summed E-state index contributed by atoms with van der Waals surface area (Å²) in [6.07, 6.45) is 5.58. The fourth-order valence-electron chi connectivity index (χ4n) is 2.68. The molecule has 1 aliphatic carbocycles. The molecule has 0 spiro atoms. The van der Waals surface area contributed by atoms with Crippen LogP contribution in [0.1, 0.15) is 19.3 Å². The zero-order valence-corrected chi connectivity index (χ0v) is 12.3. The Balaban J connectivity index is 2.09. The number of nitrogens with zero attached hydrogens (tertiary/aromatic N) is 2. The van der Waals surface area contributed by atoms with Crippen molar-refractivity contribution in [2.24, 2.45) is 0 Å². The first-order valence-electron chi connectivity index (χ1n) is 6.72. The number of hydrogen-bond donors (Lipinski definition) is 1. The third-order valence-corrected chi connectivity index (χ3v) is 4.50. The molecular formula is C15H17BrN2O. The fraction of sp³-hybridized carbons (Fsp3) is 0.400. The number of halogens is 1. The van der Waals surface area contributed by atoms with Gasteiger partial charge in [0.1, 0.15) is 0 Å². The van der Waals surface area contributed by atoms with Crippen LogP contribution in [0.5, 0.6) is 0 Å².